The molecule has 1 heteroatoms. The first kappa shape index (κ1) is 27.9. The van der Waals surface area contributed by atoms with Crippen molar-refractivity contribution in [2.24, 2.45) is 11.8 Å². The third-order valence-electron chi connectivity index (χ3n) is 11.8. The molecule has 0 amide bonds. The van der Waals surface area contributed by atoms with Crippen LogP contribution >= 0.6 is 0 Å². The van der Waals surface area contributed by atoms with E-state index < -0.39 is 0 Å². The van der Waals surface area contributed by atoms with Gasteiger partial charge < -0.3 is 4.90 Å². The topological polar surface area (TPSA) is 3.24 Å². The molecule has 232 valence electrons. The van der Waals surface area contributed by atoms with Crippen molar-refractivity contribution in [2.75, 3.05) is 4.90 Å². The van der Waals surface area contributed by atoms with Gasteiger partial charge in [0.05, 0.1) is 5.69 Å². The predicted molar refractivity (Wildman–Crippen MR) is 203 cm³/mol. The van der Waals surface area contributed by atoms with E-state index in [-0.39, 0.29) is 0 Å². The Morgan fingerprint density at radius 1 is 0.417 bits per heavy atom. The van der Waals surface area contributed by atoms with Crippen molar-refractivity contribution in [3.8, 4) is 22.3 Å². The quantitative estimate of drug-likeness (QED) is 0.178. The average Bonchev–Trinajstić information content (AvgIpc) is 3.20. The first-order valence-corrected chi connectivity index (χ1v) is 17.9. The van der Waals surface area contributed by atoms with Gasteiger partial charge in [-0.3, -0.25) is 0 Å². The molecule has 2 fully saturated rings. The van der Waals surface area contributed by atoms with Crippen LogP contribution in [-0.4, -0.2) is 0 Å². The molecular weight excluding hydrogens is 579 g/mol. The molecule has 0 heterocycles. The number of benzene rings is 7. The van der Waals surface area contributed by atoms with Gasteiger partial charge in [0.2, 0.25) is 0 Å². The van der Waals surface area contributed by atoms with Crippen molar-refractivity contribution in [3.63, 3.8) is 0 Å². The fraction of sp³-hybridized carbons (Fsp3) is 0.191. The normalized spacial score (nSPS) is 20.9. The summed E-state index contributed by atoms with van der Waals surface area (Å²) >= 11 is 0. The van der Waals surface area contributed by atoms with Crippen LogP contribution in [0, 0.1) is 11.8 Å². The van der Waals surface area contributed by atoms with Crippen LogP contribution in [0.3, 0.4) is 0 Å². The van der Waals surface area contributed by atoms with Crippen LogP contribution in [0.1, 0.15) is 55.1 Å². The van der Waals surface area contributed by atoms with E-state index in [1.807, 2.05) is 0 Å². The van der Waals surface area contributed by atoms with E-state index >= 15 is 0 Å². The molecule has 2 atom stereocenters. The Hall–Kier alpha value is -5.14. The van der Waals surface area contributed by atoms with E-state index in [2.05, 4.69) is 157 Å². The molecule has 7 aromatic rings. The van der Waals surface area contributed by atoms with E-state index in [9.17, 15) is 0 Å². The second kappa shape index (κ2) is 11.2. The maximum Gasteiger partial charge on any atom is 0.0543 e. The van der Waals surface area contributed by atoms with Crippen LogP contribution in [0.2, 0.25) is 0 Å². The molecule has 4 bridgehead atoms. The first-order valence-electron chi connectivity index (χ1n) is 17.9. The highest BCUT2D eigenvalue weighted by molar-refractivity contribution is 6.13. The lowest BCUT2D eigenvalue weighted by molar-refractivity contribution is 0.153. The Bertz CT molecular complexity index is 2290. The smallest absolute Gasteiger partial charge is 0.0543 e. The molecule has 11 rings (SSSR count). The van der Waals surface area contributed by atoms with Crippen molar-refractivity contribution >= 4 is 38.6 Å². The summed E-state index contributed by atoms with van der Waals surface area (Å²) in [6.45, 7) is 0. The fourth-order valence-corrected chi connectivity index (χ4v) is 9.90. The van der Waals surface area contributed by atoms with E-state index in [1.165, 1.54) is 93.0 Å². The highest BCUT2D eigenvalue weighted by Crippen LogP contribution is 2.57. The number of anilines is 3. The summed E-state index contributed by atoms with van der Waals surface area (Å²) in [5, 5.41) is 5.19. The first-order chi connectivity index (χ1) is 23.8. The predicted octanol–water partition coefficient (Wildman–Crippen LogP) is 13.2. The summed E-state index contributed by atoms with van der Waals surface area (Å²) in [7, 11) is 0. The van der Waals surface area contributed by atoms with E-state index in [0.717, 1.165) is 11.8 Å². The van der Waals surface area contributed by atoms with Crippen LogP contribution in [0.4, 0.5) is 17.1 Å². The van der Waals surface area contributed by atoms with Crippen molar-refractivity contribution in [1.29, 1.82) is 0 Å². The minimum absolute atomic E-state index is 0.622. The molecule has 0 spiro atoms. The molecule has 0 saturated heterocycles. The van der Waals surface area contributed by atoms with Crippen LogP contribution in [0.25, 0.3) is 43.8 Å². The Morgan fingerprint density at radius 3 is 1.81 bits per heavy atom. The summed E-state index contributed by atoms with van der Waals surface area (Å²) in [5.41, 5.74) is 12.2. The Balaban J connectivity index is 1.16. The van der Waals surface area contributed by atoms with Gasteiger partial charge in [-0.25, -0.2) is 0 Å². The van der Waals surface area contributed by atoms with Crippen molar-refractivity contribution < 1.29 is 0 Å². The summed E-state index contributed by atoms with van der Waals surface area (Å²) < 4.78 is 0. The number of hydrogen-bond donors (Lipinski definition) is 0. The van der Waals surface area contributed by atoms with Gasteiger partial charge in [0, 0.05) is 16.9 Å². The SMILES string of the molecule is c1ccc(N(c2ccc(-c3cc4ccccc4c4ccccc34)cc2)c2cccc3c2-c2ccccc2C2CC4CC(C2)CC3C4)cc1. The minimum atomic E-state index is 0.622. The van der Waals surface area contributed by atoms with E-state index in [1.54, 1.807) is 11.1 Å². The summed E-state index contributed by atoms with van der Waals surface area (Å²) in [5.74, 6) is 2.97. The Labute approximate surface area is 283 Å². The van der Waals surface area contributed by atoms with Crippen LogP contribution in [0.15, 0.2) is 152 Å². The molecule has 0 aliphatic heterocycles. The van der Waals surface area contributed by atoms with Gasteiger partial charge in [0.25, 0.3) is 0 Å². The highest BCUT2D eigenvalue weighted by Gasteiger charge is 2.40. The minimum Gasteiger partial charge on any atom is -0.310 e. The van der Waals surface area contributed by atoms with Gasteiger partial charge in [-0.05, 0) is 142 Å². The summed E-state index contributed by atoms with van der Waals surface area (Å²) in [6.07, 6.45) is 6.79. The molecule has 2 unspecified atom stereocenters. The molecule has 4 aliphatic rings. The van der Waals surface area contributed by atoms with Crippen molar-refractivity contribution in [3.05, 3.63) is 163 Å². The lowest BCUT2D eigenvalue weighted by Crippen LogP contribution is -2.29. The zero-order chi connectivity index (χ0) is 31.6. The number of para-hydroxylation sites is 1. The Morgan fingerprint density at radius 2 is 1.02 bits per heavy atom. The van der Waals surface area contributed by atoms with Gasteiger partial charge in [0.1, 0.15) is 0 Å². The van der Waals surface area contributed by atoms with Crippen molar-refractivity contribution in [1.82, 2.24) is 0 Å². The summed E-state index contributed by atoms with van der Waals surface area (Å²) in [6, 6.07) is 56.8. The van der Waals surface area contributed by atoms with Gasteiger partial charge in [-0.2, -0.15) is 0 Å². The van der Waals surface area contributed by atoms with Crippen LogP contribution < -0.4 is 4.90 Å². The number of nitrogens with zero attached hydrogens (tertiary/aromatic N) is 1. The molecule has 0 N–H and O–H groups in total. The molecule has 1 nitrogen and oxygen atoms in total. The second-order valence-electron chi connectivity index (χ2n) is 14.5. The molecule has 2 saturated carbocycles. The largest absolute Gasteiger partial charge is 0.310 e. The monoisotopic (exact) mass is 617 g/mol. The van der Waals surface area contributed by atoms with Gasteiger partial charge in [-0.1, -0.05) is 115 Å². The molecule has 0 radical (unpaired) electrons. The molecule has 4 aliphatic carbocycles. The molecular formula is C47H39N. The van der Waals surface area contributed by atoms with Crippen LogP contribution in [-0.2, 0) is 0 Å². The second-order valence-corrected chi connectivity index (χ2v) is 14.5. The number of rotatable bonds is 4. The number of fused-ring (bicyclic) bond motifs is 3. The van der Waals surface area contributed by atoms with Gasteiger partial charge in [0.15, 0.2) is 0 Å². The van der Waals surface area contributed by atoms with Gasteiger partial charge in [-0.15, -0.1) is 0 Å². The van der Waals surface area contributed by atoms with E-state index in [0.29, 0.717) is 11.8 Å². The maximum absolute atomic E-state index is 2.51. The van der Waals surface area contributed by atoms with Crippen molar-refractivity contribution in [2.45, 2.75) is 43.9 Å². The van der Waals surface area contributed by atoms with Crippen LogP contribution in [0.5, 0.6) is 0 Å². The molecule has 7 aromatic carbocycles. The zero-order valence-corrected chi connectivity index (χ0v) is 27.2. The van der Waals surface area contributed by atoms with Gasteiger partial charge >= 0.3 is 0 Å². The zero-order valence-electron chi connectivity index (χ0n) is 27.2. The standard InChI is InChI=1S/C47H39N/c1-2-12-37(13-3-1)48(38-23-21-33(22-24-38)45-30-34-11-4-5-14-39(34)42-16-7-8-17-43(42)45)46-20-10-19-41-36-28-31-25-32(29-36)27-35(26-31)40-15-6-9-18-44(40)47(41)46/h1-24,30-32,35-36H,25-29H2. The average molecular weight is 618 g/mol. The van der Waals surface area contributed by atoms with E-state index in [4.69, 9.17) is 0 Å². The number of hydrogen-bond acceptors (Lipinski definition) is 1. The highest BCUT2D eigenvalue weighted by atomic mass is 15.1. The molecule has 48 heavy (non-hydrogen) atoms. The summed E-state index contributed by atoms with van der Waals surface area (Å²) in [4.78, 5) is 2.51. The third kappa shape index (κ3) is 4.52. The lowest BCUT2D eigenvalue weighted by atomic mass is 9.63. The molecule has 0 aromatic heterocycles. The maximum atomic E-state index is 2.51. The third-order valence-corrected chi connectivity index (χ3v) is 11.8. The lowest BCUT2D eigenvalue weighted by Gasteiger charge is -2.42. The Kier molecular flexibility index (Phi) is 6.54. The fourth-order valence-electron chi connectivity index (χ4n) is 9.90.